The number of hydrogen-bond donors (Lipinski definition) is 4. The first-order valence-electron chi connectivity index (χ1n) is 25.2. The van der Waals surface area contributed by atoms with Crippen molar-refractivity contribution < 1.29 is 57.4 Å². The molecule has 2 aromatic rings. The number of rotatable bonds is 10. The van der Waals surface area contributed by atoms with Crippen molar-refractivity contribution in [3.63, 3.8) is 0 Å². The van der Waals surface area contributed by atoms with E-state index in [1.165, 1.54) is 42.7 Å². The van der Waals surface area contributed by atoms with E-state index in [2.05, 4.69) is 88.7 Å². The van der Waals surface area contributed by atoms with Crippen molar-refractivity contribution in [1.82, 2.24) is 9.44 Å². The van der Waals surface area contributed by atoms with Gasteiger partial charge in [0, 0.05) is 95.1 Å². The quantitative estimate of drug-likeness (QED) is 0.116. The zero-order chi connectivity index (χ0) is 48.7. The molecule has 7 rings (SSSR count). The molecule has 3 radical (unpaired) electrons. The van der Waals surface area contributed by atoms with Crippen LogP contribution in [0.25, 0.3) is 0 Å². The first-order valence-corrected chi connectivity index (χ1v) is 28.2. The number of ether oxygens (including phenoxy) is 1. The van der Waals surface area contributed by atoms with Gasteiger partial charge in [-0.3, -0.25) is 0 Å². The van der Waals surface area contributed by atoms with Gasteiger partial charge in [0.05, 0.1) is 9.49 Å². The summed E-state index contributed by atoms with van der Waals surface area (Å²) in [5, 5.41) is 3.64. The van der Waals surface area contributed by atoms with Gasteiger partial charge in [0.15, 0.2) is 0 Å². The summed E-state index contributed by atoms with van der Waals surface area (Å²) in [5.74, 6) is 3.78. The van der Waals surface area contributed by atoms with Gasteiger partial charge in [-0.2, -0.15) is 0 Å². The van der Waals surface area contributed by atoms with Gasteiger partial charge < -0.3 is 31.8 Å². The van der Waals surface area contributed by atoms with E-state index in [9.17, 15) is 21.6 Å². The second kappa shape index (κ2) is 29.0. The van der Waals surface area contributed by atoms with Crippen LogP contribution in [0.2, 0.25) is 0 Å². The van der Waals surface area contributed by atoms with E-state index in [1.54, 1.807) is 41.5 Å². The molecule has 5 N–H and O–H groups in total. The number of hydrogen-bond acceptors (Lipinski definition) is 10. The number of nitrogens with two attached hydrogens (primary N) is 1. The summed E-state index contributed by atoms with van der Waals surface area (Å²) in [6.07, 6.45) is 13.3. The molecule has 12 nitrogen and oxygen atoms in total. The van der Waals surface area contributed by atoms with Crippen LogP contribution in [0.1, 0.15) is 148 Å². The fraction of sp³-hybridized carbons (Fsp3) is 0.750. The molecular weight excluding hydrogens is 903 g/mol. The first-order chi connectivity index (χ1) is 30.9. The van der Waals surface area contributed by atoms with E-state index >= 15 is 0 Å². The van der Waals surface area contributed by atoms with E-state index in [4.69, 9.17) is 10.5 Å². The van der Waals surface area contributed by atoms with Gasteiger partial charge in [-0.05, 0) is 185 Å². The Kier molecular flexibility index (Phi) is 26.6. The molecule has 5 aliphatic rings. The van der Waals surface area contributed by atoms with Crippen molar-refractivity contribution in [3.05, 3.63) is 48.5 Å². The van der Waals surface area contributed by atoms with Crippen molar-refractivity contribution in [2.45, 2.75) is 168 Å². The van der Waals surface area contributed by atoms with Crippen LogP contribution in [0.4, 0.5) is 22.7 Å². The average Bonchev–Trinajstić information content (AvgIpc) is 3.84. The van der Waals surface area contributed by atoms with E-state index in [0.717, 1.165) is 133 Å². The molecule has 3 aliphatic heterocycles. The predicted octanol–water partition coefficient (Wildman–Crippen LogP) is 6.60. The summed E-state index contributed by atoms with van der Waals surface area (Å²) in [5.41, 5.74) is 10.4. The van der Waals surface area contributed by atoms with Crippen LogP contribution in [-0.2, 0) is 29.6 Å². The zero-order valence-electron chi connectivity index (χ0n) is 45.1. The Balaban J connectivity index is 0.000000516. The van der Waals surface area contributed by atoms with Gasteiger partial charge in [-0.1, -0.05) is 39.8 Å². The molecule has 68 heavy (non-hydrogen) atoms. The maximum atomic E-state index is 12.4. The Morgan fingerprint density at radius 2 is 1.07 bits per heavy atom. The minimum Gasteiger partial charge on any atom is -1.00 e. The minimum atomic E-state index is -3.26. The van der Waals surface area contributed by atoms with Crippen LogP contribution in [-0.4, -0.2) is 99.1 Å². The molecule has 3 heterocycles. The number of carbonyl (C=O) groups is 1. The molecule has 2 aromatic carbocycles. The van der Waals surface area contributed by atoms with Crippen molar-refractivity contribution >= 4 is 57.5 Å². The molecule has 3 saturated heterocycles. The maximum Gasteiger partial charge on any atom is 1.00 e. The fourth-order valence-electron chi connectivity index (χ4n) is 9.70. The summed E-state index contributed by atoms with van der Waals surface area (Å²) in [6.45, 7) is 27.2. The van der Waals surface area contributed by atoms with Crippen LogP contribution in [0.5, 0.6) is 0 Å². The van der Waals surface area contributed by atoms with Crippen LogP contribution < -0.4 is 59.9 Å². The van der Waals surface area contributed by atoms with Crippen molar-refractivity contribution in [2.24, 2.45) is 35.5 Å². The van der Waals surface area contributed by atoms with Crippen LogP contribution >= 0.6 is 0 Å². The molecular formula is C52H91BN6NaO6S2. The van der Waals surface area contributed by atoms with Crippen LogP contribution in [0, 0.1) is 35.5 Å². The van der Waals surface area contributed by atoms with E-state index in [-0.39, 0.29) is 57.4 Å². The van der Waals surface area contributed by atoms with E-state index in [1.807, 2.05) is 12.1 Å². The molecule has 381 valence electrons. The molecule has 0 bridgehead atoms. The molecule has 4 atom stereocenters. The normalized spacial score (nSPS) is 26.7. The van der Waals surface area contributed by atoms with Crippen molar-refractivity contribution in [3.8, 4) is 0 Å². The van der Waals surface area contributed by atoms with Crippen LogP contribution in [0.15, 0.2) is 48.5 Å². The zero-order valence-corrected chi connectivity index (χ0v) is 47.7. The fourth-order valence-corrected chi connectivity index (χ4v) is 11.8. The molecule has 2 saturated carbocycles. The molecule has 0 aromatic heterocycles. The molecule has 16 heteroatoms. The smallest absolute Gasteiger partial charge is 1.00 e. The summed E-state index contributed by atoms with van der Waals surface area (Å²) >= 11 is 0. The van der Waals surface area contributed by atoms with E-state index in [0.29, 0.717) is 5.92 Å². The third-order valence-electron chi connectivity index (χ3n) is 13.7. The Hall–Kier alpha value is -1.85. The summed E-state index contributed by atoms with van der Waals surface area (Å²) in [6, 6.07) is 17.1. The van der Waals surface area contributed by atoms with Crippen molar-refractivity contribution in [1.29, 1.82) is 0 Å². The Bertz CT molecular complexity index is 1960. The summed E-state index contributed by atoms with van der Waals surface area (Å²) in [7, 11) is -6.52. The number of carbonyl (C=O) groups excluding carboxylic acids is 1. The van der Waals surface area contributed by atoms with E-state index < -0.39 is 29.5 Å². The summed E-state index contributed by atoms with van der Waals surface area (Å²) < 4.78 is 57.6. The number of benzene rings is 2. The Morgan fingerprint density at radius 3 is 1.46 bits per heavy atom. The second-order valence-electron chi connectivity index (χ2n) is 22.5. The van der Waals surface area contributed by atoms with Gasteiger partial charge in [-0.15, -0.1) is 0 Å². The number of piperidine rings is 2. The van der Waals surface area contributed by atoms with Crippen molar-refractivity contribution in [2.75, 3.05) is 66.8 Å². The Labute approximate surface area is 440 Å². The second-order valence-corrected chi connectivity index (χ2v) is 27.4. The van der Waals surface area contributed by atoms with Gasteiger partial charge >= 0.3 is 29.6 Å². The van der Waals surface area contributed by atoms with Crippen LogP contribution in [0.3, 0.4) is 0 Å². The standard InChI is InChI=1S/C24H41N3O2S.C13H20N2.C11H21NO3S.C4H8O.B.Na.H/c1-18-13-19(2)17-27(16-18)23-8-6-7-22(14-23)25-15-20-9-11-21(12-10-20)26-30(28,29)24(3,4)5;1-10-6-11(2)9-15(8-10)13-5-3-4-12(14)7-13;1-11(2,3)16(14,15)12-10-6-4-9(8-13)5-7-10;1-2-4-5-3-1;;;/h6-8,14,18-21,25-26H,9-13,15-17H2,1-5H3;3-5,7,10-11H,6,8-9,14H2,1-2H3;8-10,12H,4-7H2,1-3H3;1-4H2;;;/q;;;;;+1;-1. The first kappa shape index (κ1) is 62.3. The van der Waals surface area contributed by atoms with Gasteiger partial charge in [0.2, 0.25) is 20.0 Å². The van der Waals surface area contributed by atoms with Gasteiger partial charge in [0.1, 0.15) is 6.29 Å². The molecule has 0 spiro atoms. The average molecular weight is 994 g/mol. The van der Waals surface area contributed by atoms with Gasteiger partial charge in [0.25, 0.3) is 0 Å². The molecule has 4 unspecified atom stereocenters. The SMILES string of the molecule is C1CCOC1.CC(C)(C)S(=O)(=O)NC1CCC(C=O)CC1.CC1CC(C)CN(c2cccc(N)c2)C1.CC1CC(C)CN(c2cccc(NCC3CCC(NS(=O)(=O)C(C)(C)C)CC3)c2)C1.[B].[H-].[Na+]. The number of nitrogens with one attached hydrogen (secondary N) is 3. The molecule has 5 fully saturated rings. The minimum absolute atomic E-state index is 0. The number of sulfonamides is 2. The molecule has 2 aliphatic carbocycles. The number of aldehydes is 1. The maximum absolute atomic E-state index is 12.4. The topological polar surface area (TPSA) is 163 Å². The monoisotopic (exact) mass is 994 g/mol. The number of anilines is 4. The number of nitrogens with zero attached hydrogens (tertiary/aromatic N) is 2. The largest absolute Gasteiger partial charge is 1.00 e. The predicted molar refractivity (Wildman–Crippen MR) is 284 cm³/mol. The molecule has 0 amide bonds. The summed E-state index contributed by atoms with van der Waals surface area (Å²) in [4.78, 5) is 15.6. The van der Waals surface area contributed by atoms with Gasteiger partial charge in [-0.25, -0.2) is 26.3 Å². The third kappa shape index (κ3) is 21.1. The Morgan fingerprint density at radius 1 is 0.662 bits per heavy atom. The number of nitrogen functional groups attached to an aromatic ring is 1. The third-order valence-corrected chi connectivity index (χ3v) is 18.2.